The van der Waals surface area contributed by atoms with Gasteiger partial charge in [-0.15, -0.1) is 0 Å². The number of hydrogen-bond acceptors (Lipinski definition) is 7. The van der Waals surface area contributed by atoms with Crippen LogP contribution < -0.4 is 24.7 Å². The number of primary amides is 1. The van der Waals surface area contributed by atoms with Crippen molar-refractivity contribution in [3.8, 4) is 17.2 Å². The maximum Gasteiger partial charge on any atom is 0.303 e. The van der Waals surface area contributed by atoms with Gasteiger partial charge in [-0.05, 0) is 30.7 Å². The number of nitrogens with one attached hydrogen (secondary N) is 1. The number of halogens is 1. The first-order valence-electron chi connectivity index (χ1n) is 8.81. The summed E-state index contributed by atoms with van der Waals surface area (Å²) in [7, 11) is -1.66. The van der Waals surface area contributed by atoms with Crippen LogP contribution in [0.1, 0.15) is 23.2 Å². The van der Waals surface area contributed by atoms with Crippen LogP contribution in [0, 0.1) is 5.82 Å². The average molecular weight is 456 g/mol. The number of methoxy groups -OCH3 is 2. The molecule has 2 rings (SSSR count). The number of carboxylic acid groups (broad SMARTS) is 1. The summed E-state index contributed by atoms with van der Waals surface area (Å²) >= 11 is 0. The van der Waals surface area contributed by atoms with Gasteiger partial charge in [-0.1, -0.05) is 0 Å². The second-order valence-electron chi connectivity index (χ2n) is 6.16. The third-order valence-corrected chi connectivity index (χ3v) is 5.40. The molecule has 0 unspecified atom stereocenters. The minimum absolute atomic E-state index is 0.0544. The number of amides is 1. The summed E-state index contributed by atoms with van der Waals surface area (Å²) in [5.41, 5.74) is 4.96. The van der Waals surface area contributed by atoms with Crippen molar-refractivity contribution in [2.75, 3.05) is 25.5 Å². The van der Waals surface area contributed by atoms with Gasteiger partial charge < -0.3 is 25.1 Å². The van der Waals surface area contributed by atoms with Crippen molar-refractivity contribution in [1.82, 2.24) is 0 Å². The van der Waals surface area contributed by atoms with Crippen molar-refractivity contribution < 1.29 is 41.7 Å². The molecule has 0 aliphatic heterocycles. The molecular weight excluding hydrogens is 435 g/mol. The fraction of sp³-hybridized carbons (Fsp3) is 0.263. The normalized spacial score (nSPS) is 10.9. The minimum Gasteiger partial charge on any atom is -0.493 e. The molecule has 0 atom stereocenters. The summed E-state index contributed by atoms with van der Waals surface area (Å²) in [6.45, 7) is -0.0544. The predicted molar refractivity (Wildman–Crippen MR) is 108 cm³/mol. The van der Waals surface area contributed by atoms with E-state index < -0.39 is 32.6 Å². The maximum atomic E-state index is 14.3. The molecule has 2 aromatic rings. The SMILES string of the molecule is COc1cc(NS(=O)(=O)c2ccc(OCCCC(=O)O)c(F)c2)c(C(N)=O)cc1OC. The highest BCUT2D eigenvalue weighted by Gasteiger charge is 2.22. The van der Waals surface area contributed by atoms with Gasteiger partial charge in [0.2, 0.25) is 0 Å². The molecule has 4 N–H and O–H groups in total. The van der Waals surface area contributed by atoms with Crippen LogP contribution in [-0.2, 0) is 14.8 Å². The molecule has 1 amide bonds. The van der Waals surface area contributed by atoms with Crippen molar-refractivity contribution in [3.63, 3.8) is 0 Å². The van der Waals surface area contributed by atoms with E-state index in [9.17, 15) is 22.4 Å². The molecule has 0 aromatic heterocycles. The molecular formula is C19H21FN2O8S. The van der Waals surface area contributed by atoms with Crippen LogP contribution in [0.15, 0.2) is 35.2 Å². The lowest BCUT2D eigenvalue weighted by Gasteiger charge is -2.15. The fourth-order valence-corrected chi connectivity index (χ4v) is 3.62. The fourth-order valence-electron chi connectivity index (χ4n) is 2.54. The Bertz CT molecular complexity index is 1090. The first-order chi connectivity index (χ1) is 14.6. The van der Waals surface area contributed by atoms with Gasteiger partial charge >= 0.3 is 5.97 Å². The Hall–Kier alpha value is -3.54. The lowest BCUT2D eigenvalue weighted by molar-refractivity contribution is -0.137. The Balaban J connectivity index is 2.29. The van der Waals surface area contributed by atoms with Crippen LogP contribution in [0.4, 0.5) is 10.1 Å². The first-order valence-corrected chi connectivity index (χ1v) is 10.3. The molecule has 0 saturated carbocycles. The van der Waals surface area contributed by atoms with Crippen molar-refractivity contribution in [2.24, 2.45) is 5.73 Å². The molecule has 0 aliphatic rings. The van der Waals surface area contributed by atoms with Gasteiger partial charge in [0.15, 0.2) is 23.1 Å². The molecule has 0 spiro atoms. The maximum absolute atomic E-state index is 14.3. The number of benzene rings is 2. The van der Waals surface area contributed by atoms with Gasteiger partial charge in [0, 0.05) is 12.5 Å². The molecule has 0 fully saturated rings. The van der Waals surface area contributed by atoms with E-state index in [0.29, 0.717) is 0 Å². The summed E-state index contributed by atoms with van der Waals surface area (Å²) in [5, 5.41) is 8.58. The molecule has 0 bridgehead atoms. The molecule has 2 aromatic carbocycles. The number of sulfonamides is 1. The molecule has 31 heavy (non-hydrogen) atoms. The van der Waals surface area contributed by atoms with Gasteiger partial charge in [0.05, 0.1) is 37.0 Å². The Morgan fingerprint density at radius 3 is 2.29 bits per heavy atom. The second-order valence-corrected chi connectivity index (χ2v) is 7.84. The molecule has 10 nitrogen and oxygen atoms in total. The summed E-state index contributed by atoms with van der Waals surface area (Å²) in [6.07, 6.45) is 0.0110. The number of nitrogens with two attached hydrogens (primary N) is 1. The highest BCUT2D eigenvalue weighted by molar-refractivity contribution is 7.92. The number of carboxylic acids is 1. The highest BCUT2D eigenvalue weighted by atomic mass is 32.2. The lowest BCUT2D eigenvalue weighted by Crippen LogP contribution is -2.19. The second kappa shape index (κ2) is 9.98. The number of hydrogen-bond donors (Lipinski definition) is 3. The van der Waals surface area contributed by atoms with Gasteiger partial charge in [0.1, 0.15) is 0 Å². The summed E-state index contributed by atoms with van der Waals surface area (Å²) in [4.78, 5) is 21.8. The van der Waals surface area contributed by atoms with Crippen molar-refractivity contribution in [2.45, 2.75) is 17.7 Å². The monoisotopic (exact) mass is 456 g/mol. The van der Waals surface area contributed by atoms with Gasteiger partial charge in [-0.25, -0.2) is 12.8 Å². The summed E-state index contributed by atoms with van der Waals surface area (Å²) in [6, 6.07) is 5.37. The molecule has 0 saturated heterocycles. The Kier molecular flexibility index (Phi) is 7.64. The van der Waals surface area contributed by atoms with Crippen molar-refractivity contribution in [3.05, 3.63) is 41.7 Å². The van der Waals surface area contributed by atoms with E-state index in [1.165, 1.54) is 26.4 Å². The van der Waals surface area contributed by atoms with Crippen LogP contribution in [0.5, 0.6) is 17.2 Å². The van der Waals surface area contributed by atoms with E-state index in [1.54, 1.807) is 0 Å². The van der Waals surface area contributed by atoms with Gasteiger partial charge in [0.25, 0.3) is 15.9 Å². The highest BCUT2D eigenvalue weighted by Crippen LogP contribution is 2.34. The van der Waals surface area contributed by atoms with Crippen molar-refractivity contribution >= 4 is 27.6 Å². The number of carbonyl (C=O) groups excluding carboxylic acids is 1. The van der Waals surface area contributed by atoms with Crippen LogP contribution in [0.3, 0.4) is 0 Å². The third kappa shape index (κ3) is 5.98. The number of carbonyl (C=O) groups is 2. The zero-order valence-electron chi connectivity index (χ0n) is 16.7. The zero-order chi connectivity index (χ0) is 23.2. The topological polar surface area (TPSA) is 154 Å². The molecule has 168 valence electrons. The molecule has 0 radical (unpaired) electrons. The van der Waals surface area contributed by atoms with E-state index in [1.807, 2.05) is 0 Å². The van der Waals surface area contributed by atoms with Crippen molar-refractivity contribution in [1.29, 1.82) is 0 Å². The van der Waals surface area contributed by atoms with Crippen LogP contribution >= 0.6 is 0 Å². The average Bonchev–Trinajstić information content (AvgIpc) is 2.70. The molecule has 0 heterocycles. The quantitative estimate of drug-likeness (QED) is 0.434. The Morgan fingerprint density at radius 2 is 1.74 bits per heavy atom. The van der Waals surface area contributed by atoms with E-state index in [0.717, 1.165) is 18.2 Å². The largest absolute Gasteiger partial charge is 0.493 e. The van der Waals surface area contributed by atoms with E-state index >= 15 is 0 Å². The minimum atomic E-state index is -4.32. The Morgan fingerprint density at radius 1 is 1.10 bits per heavy atom. The molecule has 0 aliphatic carbocycles. The first kappa shape index (κ1) is 23.7. The smallest absolute Gasteiger partial charge is 0.303 e. The number of aliphatic carboxylic acids is 1. The predicted octanol–water partition coefficient (Wildman–Crippen LogP) is 1.99. The van der Waals surface area contributed by atoms with E-state index in [4.69, 9.17) is 25.1 Å². The van der Waals surface area contributed by atoms with E-state index in [2.05, 4.69) is 4.72 Å². The number of ether oxygens (including phenoxy) is 3. The van der Waals surface area contributed by atoms with E-state index in [-0.39, 0.29) is 47.9 Å². The molecule has 12 heteroatoms. The number of rotatable bonds is 11. The standard InChI is InChI=1S/C19H21FN2O8S/c1-28-16-9-12(19(21)25)14(10-17(16)29-2)22-31(26,27)11-5-6-15(13(20)8-11)30-7-3-4-18(23)24/h5-6,8-10,22H,3-4,7H2,1-2H3,(H2,21,25)(H,23,24). The van der Waals surface area contributed by atoms with Crippen LogP contribution in [0.2, 0.25) is 0 Å². The van der Waals surface area contributed by atoms with Gasteiger partial charge in [-0.2, -0.15) is 0 Å². The third-order valence-electron chi connectivity index (χ3n) is 4.04. The summed E-state index contributed by atoms with van der Waals surface area (Å²) < 4.78 is 57.2. The Labute approximate surface area is 177 Å². The van der Waals surface area contributed by atoms with Crippen LogP contribution in [-0.4, -0.2) is 46.2 Å². The van der Waals surface area contributed by atoms with Gasteiger partial charge in [-0.3, -0.25) is 14.3 Å². The zero-order valence-corrected chi connectivity index (χ0v) is 17.5. The number of anilines is 1. The summed E-state index contributed by atoms with van der Waals surface area (Å²) in [5.74, 6) is -2.82. The van der Waals surface area contributed by atoms with Crippen LogP contribution in [0.25, 0.3) is 0 Å². The lowest BCUT2D eigenvalue weighted by atomic mass is 10.1.